The van der Waals surface area contributed by atoms with Gasteiger partial charge in [-0.2, -0.15) is 0 Å². The monoisotopic (exact) mass is 326 g/mol. The van der Waals surface area contributed by atoms with Crippen molar-refractivity contribution in [3.8, 4) is 16.9 Å². The first-order valence-electron chi connectivity index (χ1n) is 7.63. The normalized spacial score (nSPS) is 11.0. The number of benzene rings is 2. The number of phenolic OH excluding ortho intramolecular Hbond substituents is 1. The molecule has 0 radical (unpaired) electrons. The van der Waals surface area contributed by atoms with Crippen molar-refractivity contribution in [3.63, 3.8) is 0 Å². The number of nitrogens with zero attached hydrogens (tertiary/aromatic N) is 1. The fourth-order valence-corrected chi connectivity index (χ4v) is 2.71. The maximum absolute atomic E-state index is 9.49. The Morgan fingerprint density at radius 1 is 1.25 bits per heavy atom. The van der Waals surface area contributed by atoms with Crippen molar-refractivity contribution in [2.24, 2.45) is 10.9 Å². The van der Waals surface area contributed by atoms with Crippen LogP contribution in [0, 0.1) is 0 Å². The molecule has 0 aliphatic carbocycles. The van der Waals surface area contributed by atoms with E-state index in [1.54, 1.807) is 18.2 Å². The van der Waals surface area contributed by atoms with Gasteiger partial charge in [-0.25, -0.2) is 0 Å². The van der Waals surface area contributed by atoms with E-state index in [9.17, 15) is 5.11 Å². The molecule has 4 N–H and O–H groups in total. The van der Waals surface area contributed by atoms with Crippen LogP contribution in [0.3, 0.4) is 0 Å². The molecule has 0 saturated carbocycles. The summed E-state index contributed by atoms with van der Waals surface area (Å²) >= 11 is 0. The number of rotatable bonds is 6. The molecule has 128 valence electrons. The Morgan fingerprint density at radius 2 is 1.92 bits per heavy atom. The largest absolute Gasteiger partial charge is 0.508 e. The first kappa shape index (κ1) is 19.3. The van der Waals surface area contributed by atoms with Crippen molar-refractivity contribution in [2.75, 3.05) is 0 Å². The highest BCUT2D eigenvalue weighted by Gasteiger charge is 2.12. The van der Waals surface area contributed by atoms with Gasteiger partial charge in [0, 0.05) is 6.42 Å². The van der Waals surface area contributed by atoms with Gasteiger partial charge in [0.05, 0.1) is 0 Å². The summed E-state index contributed by atoms with van der Waals surface area (Å²) in [6.07, 6.45) is 4.13. The van der Waals surface area contributed by atoms with Crippen LogP contribution in [0.4, 0.5) is 0 Å². The van der Waals surface area contributed by atoms with E-state index >= 15 is 0 Å². The van der Waals surface area contributed by atoms with Gasteiger partial charge in [-0.05, 0) is 46.4 Å². The third-order valence-electron chi connectivity index (χ3n) is 3.75. The van der Waals surface area contributed by atoms with Crippen LogP contribution in [0.5, 0.6) is 5.75 Å². The lowest BCUT2D eigenvalue weighted by Gasteiger charge is -2.15. The lowest BCUT2D eigenvalue weighted by Crippen LogP contribution is -2.16. The van der Waals surface area contributed by atoms with Gasteiger partial charge in [0.1, 0.15) is 11.6 Å². The lowest BCUT2D eigenvalue weighted by atomic mass is 9.90. The fourth-order valence-electron chi connectivity index (χ4n) is 2.71. The number of phenols is 1. The van der Waals surface area contributed by atoms with Crippen LogP contribution >= 0.6 is 0 Å². The highest BCUT2D eigenvalue weighted by atomic mass is 16.4. The number of oxime groups is 1. The zero-order valence-electron chi connectivity index (χ0n) is 13.3. The third-order valence-corrected chi connectivity index (χ3v) is 3.75. The van der Waals surface area contributed by atoms with Crippen LogP contribution in [-0.4, -0.2) is 16.1 Å². The Labute approximate surface area is 144 Å². The Hall–Kier alpha value is -2.75. The van der Waals surface area contributed by atoms with Gasteiger partial charge >= 0.3 is 0 Å². The van der Waals surface area contributed by atoms with E-state index in [1.165, 1.54) is 5.56 Å². The summed E-state index contributed by atoms with van der Waals surface area (Å²) in [5.74, 6) is 0.397. The average Bonchev–Trinajstić information content (AvgIpc) is 2.55. The summed E-state index contributed by atoms with van der Waals surface area (Å²) in [6, 6.07) is 11.3. The van der Waals surface area contributed by atoms with E-state index in [0.717, 1.165) is 35.1 Å². The Balaban J connectivity index is 0.00000288. The van der Waals surface area contributed by atoms with Crippen molar-refractivity contribution >= 4 is 11.9 Å². The van der Waals surface area contributed by atoms with E-state index in [0.29, 0.717) is 6.42 Å². The number of nitrogens with two attached hydrogens (primary N) is 1. The summed E-state index contributed by atoms with van der Waals surface area (Å²) in [4.78, 5) is 0. The lowest BCUT2D eigenvalue weighted by molar-refractivity contribution is 0.317. The van der Waals surface area contributed by atoms with Crippen molar-refractivity contribution in [1.82, 2.24) is 0 Å². The van der Waals surface area contributed by atoms with Gasteiger partial charge in [-0.15, -0.1) is 0 Å². The molecule has 0 fully saturated rings. The predicted octanol–water partition coefficient (Wildman–Crippen LogP) is 4.58. The molecule has 0 aromatic heterocycles. The summed E-state index contributed by atoms with van der Waals surface area (Å²) in [7, 11) is 0. The molecule has 0 aliphatic rings. The summed E-state index contributed by atoms with van der Waals surface area (Å²) in [6.45, 7) is 6.04. The highest BCUT2D eigenvalue weighted by molar-refractivity contribution is 5.86. The molecule has 2 aromatic rings. The van der Waals surface area contributed by atoms with Crippen molar-refractivity contribution in [2.45, 2.75) is 33.6 Å². The van der Waals surface area contributed by atoms with Crippen molar-refractivity contribution in [3.05, 3.63) is 59.7 Å². The maximum Gasteiger partial charge on any atom is 0.143 e. The molecule has 0 amide bonds. The molecule has 4 heteroatoms. The van der Waals surface area contributed by atoms with Gasteiger partial charge in [-0.3, -0.25) is 0 Å². The maximum atomic E-state index is 9.49. The van der Waals surface area contributed by atoms with Gasteiger partial charge in [0.25, 0.3) is 0 Å². The zero-order valence-corrected chi connectivity index (χ0v) is 13.3. The Bertz CT molecular complexity index is 719. The van der Waals surface area contributed by atoms with E-state index in [1.807, 2.05) is 12.1 Å². The van der Waals surface area contributed by atoms with Crippen molar-refractivity contribution in [1.29, 1.82) is 0 Å². The summed E-state index contributed by atoms with van der Waals surface area (Å²) in [5.41, 5.74) is 10.9. The Kier molecular flexibility index (Phi) is 7.05. The highest BCUT2D eigenvalue weighted by Crippen LogP contribution is 2.31. The smallest absolute Gasteiger partial charge is 0.143 e. The molecule has 24 heavy (non-hydrogen) atoms. The van der Waals surface area contributed by atoms with Gasteiger partial charge in [0.15, 0.2) is 0 Å². The number of aryl methyl sites for hydroxylation is 1. The van der Waals surface area contributed by atoms with E-state index in [-0.39, 0.29) is 19.0 Å². The molecular formula is C20H26N2O2. The minimum atomic E-state index is 0. The van der Waals surface area contributed by atoms with Gasteiger partial charge < -0.3 is 16.0 Å². The molecule has 2 aromatic carbocycles. The predicted molar refractivity (Wildman–Crippen MR) is 101 cm³/mol. The second-order valence-electron chi connectivity index (χ2n) is 5.49. The molecule has 0 bridgehead atoms. The number of aromatic hydroxyl groups is 1. The van der Waals surface area contributed by atoms with Crippen LogP contribution in [0.2, 0.25) is 0 Å². The molecule has 0 unspecified atom stereocenters. The fraction of sp³-hybridized carbons (Fsp3) is 0.250. The van der Waals surface area contributed by atoms with Crippen LogP contribution in [0.15, 0.2) is 48.1 Å². The minimum absolute atomic E-state index is 0. The standard InChI is InChI=1S/C19H22N2O2.CH4/c1-3-5-13-10-15(12-19(20)21-23)17(4-2)18(11-13)14-6-8-16(22)9-7-14;/h4,6-11,22-23H,2-3,5,12H2,1H3,(H2,20,21);1H4. The number of hydrogen-bond acceptors (Lipinski definition) is 3. The molecule has 2 rings (SSSR count). The number of hydrogen-bond donors (Lipinski definition) is 3. The van der Waals surface area contributed by atoms with Gasteiger partial charge in [-0.1, -0.05) is 62.8 Å². The first-order valence-corrected chi connectivity index (χ1v) is 7.63. The summed E-state index contributed by atoms with van der Waals surface area (Å²) in [5, 5.41) is 21.4. The number of amidine groups is 1. The van der Waals surface area contributed by atoms with E-state index in [2.05, 4.69) is 30.8 Å². The molecule has 0 saturated heterocycles. The van der Waals surface area contributed by atoms with Crippen molar-refractivity contribution < 1.29 is 10.3 Å². The molecule has 0 aliphatic heterocycles. The second kappa shape index (κ2) is 8.77. The second-order valence-corrected chi connectivity index (χ2v) is 5.49. The van der Waals surface area contributed by atoms with E-state index in [4.69, 9.17) is 10.9 Å². The SMILES string of the molecule is C.C=Cc1c(C/C(N)=N/O)cc(CCC)cc1-c1ccc(O)cc1. The van der Waals surface area contributed by atoms with E-state index < -0.39 is 0 Å². The summed E-state index contributed by atoms with van der Waals surface area (Å²) < 4.78 is 0. The van der Waals surface area contributed by atoms with Crippen LogP contribution < -0.4 is 5.73 Å². The molecular weight excluding hydrogens is 300 g/mol. The molecule has 0 atom stereocenters. The van der Waals surface area contributed by atoms with Crippen LogP contribution in [-0.2, 0) is 12.8 Å². The molecule has 0 spiro atoms. The third kappa shape index (κ3) is 4.38. The van der Waals surface area contributed by atoms with Crippen LogP contribution in [0.25, 0.3) is 17.2 Å². The molecule has 4 nitrogen and oxygen atoms in total. The quantitative estimate of drug-likeness (QED) is 0.315. The first-order chi connectivity index (χ1) is 11.1. The minimum Gasteiger partial charge on any atom is -0.508 e. The Morgan fingerprint density at radius 3 is 2.46 bits per heavy atom. The topological polar surface area (TPSA) is 78.8 Å². The molecule has 0 heterocycles. The van der Waals surface area contributed by atoms with Gasteiger partial charge in [0.2, 0.25) is 0 Å². The average molecular weight is 326 g/mol. The zero-order chi connectivity index (χ0) is 16.8. The van der Waals surface area contributed by atoms with Crippen LogP contribution in [0.1, 0.15) is 37.5 Å².